The van der Waals surface area contributed by atoms with Crippen molar-refractivity contribution in [1.82, 2.24) is 4.90 Å². The van der Waals surface area contributed by atoms with E-state index in [-0.39, 0.29) is 18.2 Å². The van der Waals surface area contributed by atoms with Crippen LogP contribution in [-0.2, 0) is 20.7 Å². The molecule has 1 heterocycles. The van der Waals surface area contributed by atoms with Crippen LogP contribution in [0.3, 0.4) is 0 Å². The number of amidine groups is 1. The second kappa shape index (κ2) is 10.1. The zero-order valence-electron chi connectivity index (χ0n) is 16.8. The van der Waals surface area contributed by atoms with Crippen molar-refractivity contribution in [3.63, 3.8) is 0 Å². The monoisotopic (exact) mass is 425 g/mol. The van der Waals surface area contributed by atoms with E-state index in [1.807, 2.05) is 30.3 Å². The summed E-state index contributed by atoms with van der Waals surface area (Å²) >= 11 is 1.23. The molecule has 0 saturated carbocycles. The molecule has 1 aliphatic heterocycles. The largest absolute Gasteiger partial charge is 0.465 e. The zero-order chi connectivity index (χ0) is 21.5. The number of thioether (sulfide) groups is 1. The number of methoxy groups -OCH3 is 1. The Bertz CT molecular complexity index is 945. The molecule has 0 aromatic heterocycles. The first kappa shape index (κ1) is 21.6. The number of likely N-dealkylation sites (tertiary alicyclic amines) is 1. The van der Waals surface area contributed by atoms with Gasteiger partial charge >= 0.3 is 5.97 Å². The summed E-state index contributed by atoms with van der Waals surface area (Å²) in [5.41, 5.74) is 2.24. The molecule has 2 aromatic rings. The Balaban J connectivity index is 1.58. The smallest absolute Gasteiger partial charge is 0.337 e. The van der Waals surface area contributed by atoms with Crippen LogP contribution in [0.15, 0.2) is 59.6 Å². The number of carbonyl (C=O) groups is 3. The summed E-state index contributed by atoms with van der Waals surface area (Å²) < 4.78 is 4.69. The van der Waals surface area contributed by atoms with Crippen LogP contribution in [0.25, 0.3) is 0 Å². The lowest BCUT2D eigenvalue weighted by Crippen LogP contribution is -2.33. The molecule has 0 radical (unpaired) electrons. The van der Waals surface area contributed by atoms with Gasteiger partial charge in [-0.15, -0.1) is 0 Å². The van der Waals surface area contributed by atoms with E-state index >= 15 is 0 Å². The lowest BCUT2D eigenvalue weighted by molar-refractivity contribution is -0.138. The van der Waals surface area contributed by atoms with Crippen molar-refractivity contribution in [3.8, 4) is 0 Å². The van der Waals surface area contributed by atoms with E-state index in [1.54, 1.807) is 31.3 Å². The maximum Gasteiger partial charge on any atom is 0.337 e. The minimum atomic E-state index is -0.506. The summed E-state index contributed by atoms with van der Waals surface area (Å²) in [6.45, 7) is 0.375. The normalized spacial score (nSPS) is 16.7. The molecule has 0 spiro atoms. The van der Waals surface area contributed by atoms with Crippen LogP contribution >= 0.6 is 11.8 Å². The second-order valence-electron chi connectivity index (χ2n) is 6.65. The number of imide groups is 1. The molecule has 1 unspecified atom stereocenters. The molecule has 2 aromatic carbocycles. The van der Waals surface area contributed by atoms with Crippen LogP contribution in [0.1, 0.15) is 22.3 Å². The maximum absolute atomic E-state index is 12.7. The fourth-order valence-corrected chi connectivity index (χ4v) is 4.07. The average molecular weight is 426 g/mol. The van der Waals surface area contributed by atoms with Gasteiger partial charge in [-0.3, -0.25) is 19.5 Å². The van der Waals surface area contributed by atoms with E-state index in [2.05, 4.69) is 15.0 Å². The highest BCUT2D eigenvalue weighted by Crippen LogP contribution is 2.27. The van der Waals surface area contributed by atoms with Crippen LogP contribution < -0.4 is 5.32 Å². The molecule has 3 rings (SSSR count). The molecule has 2 amide bonds. The minimum absolute atomic E-state index is 0.153. The molecule has 1 aliphatic rings. The molecule has 1 fully saturated rings. The predicted molar refractivity (Wildman–Crippen MR) is 118 cm³/mol. The SMILES string of the molecule is CN=C(Nc1ccc(C(=O)OC)cc1)SC1CC(=O)N(CCc2ccccc2)C1=O. The van der Waals surface area contributed by atoms with Crippen LogP contribution in [-0.4, -0.2) is 53.8 Å². The Kier molecular flexibility index (Phi) is 7.24. The Hall–Kier alpha value is -3.13. The van der Waals surface area contributed by atoms with Gasteiger partial charge in [0.2, 0.25) is 11.8 Å². The number of ether oxygens (including phenoxy) is 1. The Morgan fingerprint density at radius 1 is 1.17 bits per heavy atom. The fraction of sp³-hybridized carbons (Fsp3) is 0.273. The van der Waals surface area contributed by atoms with Crippen molar-refractivity contribution < 1.29 is 19.1 Å². The number of amides is 2. The lowest BCUT2D eigenvalue weighted by atomic mass is 10.1. The number of esters is 1. The first-order valence-electron chi connectivity index (χ1n) is 9.48. The molecule has 7 nitrogen and oxygen atoms in total. The van der Waals surface area contributed by atoms with Crippen molar-refractivity contribution in [2.75, 3.05) is 26.0 Å². The average Bonchev–Trinajstić information content (AvgIpc) is 3.04. The topological polar surface area (TPSA) is 88.1 Å². The lowest BCUT2D eigenvalue weighted by Gasteiger charge is -2.15. The Labute approximate surface area is 179 Å². The number of rotatable bonds is 6. The summed E-state index contributed by atoms with van der Waals surface area (Å²) in [6.07, 6.45) is 0.787. The van der Waals surface area contributed by atoms with Crippen molar-refractivity contribution in [2.24, 2.45) is 4.99 Å². The zero-order valence-corrected chi connectivity index (χ0v) is 17.6. The number of benzene rings is 2. The minimum Gasteiger partial charge on any atom is -0.465 e. The highest BCUT2D eigenvalue weighted by molar-refractivity contribution is 8.15. The number of hydrogen-bond donors (Lipinski definition) is 1. The maximum atomic E-state index is 12.7. The van der Waals surface area contributed by atoms with Gasteiger partial charge < -0.3 is 10.1 Å². The summed E-state index contributed by atoms with van der Waals surface area (Å²) in [7, 11) is 2.95. The van der Waals surface area contributed by atoms with Gasteiger partial charge in [0.25, 0.3) is 0 Å². The molecule has 1 atom stereocenters. The van der Waals surface area contributed by atoms with Crippen molar-refractivity contribution >= 4 is 40.4 Å². The molecule has 156 valence electrons. The number of nitrogens with one attached hydrogen (secondary N) is 1. The third-order valence-corrected chi connectivity index (χ3v) is 5.84. The van der Waals surface area contributed by atoms with Crippen LogP contribution in [0, 0.1) is 0 Å². The van der Waals surface area contributed by atoms with Gasteiger partial charge in [-0.1, -0.05) is 42.1 Å². The van der Waals surface area contributed by atoms with E-state index in [4.69, 9.17) is 0 Å². The molecular weight excluding hydrogens is 402 g/mol. The van der Waals surface area contributed by atoms with Gasteiger partial charge in [-0.2, -0.15) is 0 Å². The first-order valence-corrected chi connectivity index (χ1v) is 10.4. The van der Waals surface area contributed by atoms with Gasteiger partial charge in [0.1, 0.15) is 5.25 Å². The van der Waals surface area contributed by atoms with E-state index in [0.717, 1.165) is 5.56 Å². The van der Waals surface area contributed by atoms with E-state index in [0.29, 0.717) is 29.4 Å². The van der Waals surface area contributed by atoms with Crippen molar-refractivity contribution in [3.05, 3.63) is 65.7 Å². The van der Waals surface area contributed by atoms with E-state index in [9.17, 15) is 14.4 Å². The number of carbonyl (C=O) groups excluding carboxylic acids is 3. The summed E-state index contributed by atoms with van der Waals surface area (Å²) in [6, 6.07) is 16.5. The van der Waals surface area contributed by atoms with Crippen molar-refractivity contribution in [1.29, 1.82) is 0 Å². The Morgan fingerprint density at radius 2 is 1.87 bits per heavy atom. The van der Waals surface area contributed by atoms with E-state index < -0.39 is 11.2 Å². The van der Waals surface area contributed by atoms with Gasteiger partial charge in [0.15, 0.2) is 5.17 Å². The molecule has 1 N–H and O–H groups in total. The number of aliphatic imine (C=N–C) groups is 1. The van der Waals surface area contributed by atoms with Gasteiger partial charge in [0, 0.05) is 25.7 Å². The third-order valence-electron chi connectivity index (χ3n) is 4.68. The molecule has 0 bridgehead atoms. The second-order valence-corrected chi connectivity index (χ2v) is 7.84. The molecule has 30 heavy (non-hydrogen) atoms. The summed E-state index contributed by atoms with van der Waals surface area (Å²) in [5.74, 6) is -0.762. The summed E-state index contributed by atoms with van der Waals surface area (Å²) in [5, 5.41) is 3.15. The third kappa shape index (κ3) is 5.27. The number of nitrogens with zero attached hydrogens (tertiary/aromatic N) is 2. The number of hydrogen-bond acceptors (Lipinski definition) is 6. The highest BCUT2D eigenvalue weighted by Gasteiger charge is 2.39. The number of anilines is 1. The predicted octanol–water partition coefficient (Wildman–Crippen LogP) is 2.97. The fourth-order valence-electron chi connectivity index (χ4n) is 3.07. The van der Waals surface area contributed by atoms with Crippen LogP contribution in [0.2, 0.25) is 0 Å². The standard InChI is InChI=1S/C22H23N3O4S/c1-23-22(24-17-10-8-16(9-11-17)21(28)29-2)30-18-14-19(26)25(20(18)27)13-12-15-6-4-3-5-7-15/h3-11,18H,12-14H2,1-2H3,(H,23,24). The van der Waals surface area contributed by atoms with E-state index in [1.165, 1.54) is 23.8 Å². The van der Waals surface area contributed by atoms with Gasteiger partial charge in [-0.05, 0) is 36.2 Å². The van der Waals surface area contributed by atoms with Crippen molar-refractivity contribution in [2.45, 2.75) is 18.1 Å². The highest BCUT2D eigenvalue weighted by atomic mass is 32.2. The Morgan fingerprint density at radius 3 is 2.50 bits per heavy atom. The molecular formula is C22H23N3O4S. The quantitative estimate of drug-likeness (QED) is 0.331. The summed E-state index contributed by atoms with van der Waals surface area (Å²) in [4.78, 5) is 42.2. The molecule has 0 aliphatic carbocycles. The molecule has 8 heteroatoms. The van der Waals surface area contributed by atoms with Crippen LogP contribution in [0.5, 0.6) is 0 Å². The van der Waals surface area contributed by atoms with Gasteiger partial charge in [0.05, 0.1) is 12.7 Å². The van der Waals surface area contributed by atoms with Gasteiger partial charge in [-0.25, -0.2) is 4.79 Å². The van der Waals surface area contributed by atoms with Crippen LogP contribution in [0.4, 0.5) is 5.69 Å². The molecule has 1 saturated heterocycles. The first-order chi connectivity index (χ1) is 14.5.